The van der Waals surface area contributed by atoms with E-state index in [-0.39, 0.29) is 54.0 Å². The van der Waals surface area contributed by atoms with Crippen molar-refractivity contribution in [3.63, 3.8) is 0 Å². The first-order valence-corrected chi connectivity index (χ1v) is 15.6. The summed E-state index contributed by atoms with van der Waals surface area (Å²) in [6, 6.07) is 10.8. The molecule has 1 aliphatic heterocycles. The maximum Gasteiger partial charge on any atom is 0.345 e. The number of esters is 2. The first-order valence-electron chi connectivity index (χ1n) is 15.6. The minimum Gasteiger partial charge on any atom is -0.484 e. The zero-order valence-corrected chi connectivity index (χ0v) is 24.9. The summed E-state index contributed by atoms with van der Waals surface area (Å²) >= 11 is 0. The van der Waals surface area contributed by atoms with Gasteiger partial charge in [-0.1, -0.05) is 44.2 Å². The molecular formula is C34H40O9. The molecular weight excluding hydrogens is 552 g/mol. The smallest absolute Gasteiger partial charge is 0.345 e. The Balaban J connectivity index is 1.27. The average molecular weight is 593 g/mol. The molecule has 2 aromatic rings. The topological polar surface area (TPSA) is 132 Å². The Morgan fingerprint density at radius 3 is 2.33 bits per heavy atom. The highest BCUT2D eigenvalue weighted by Crippen LogP contribution is 2.67. The van der Waals surface area contributed by atoms with E-state index in [1.165, 1.54) is 0 Å². The number of carbonyl (C=O) groups excluding carboxylic acids is 2. The van der Waals surface area contributed by atoms with E-state index in [1.807, 2.05) is 37.3 Å². The van der Waals surface area contributed by atoms with Gasteiger partial charge in [-0.25, -0.2) is 4.79 Å². The van der Waals surface area contributed by atoms with Crippen LogP contribution in [0.15, 0.2) is 45.6 Å². The lowest BCUT2D eigenvalue weighted by atomic mass is 9.42. The van der Waals surface area contributed by atoms with Gasteiger partial charge in [-0.15, -0.1) is 0 Å². The molecule has 0 radical (unpaired) electrons. The molecule has 4 aliphatic carbocycles. The molecule has 0 saturated heterocycles. The summed E-state index contributed by atoms with van der Waals surface area (Å²) in [6.07, 6.45) is 1.77. The van der Waals surface area contributed by atoms with Crippen LogP contribution in [0.2, 0.25) is 0 Å². The molecule has 1 aromatic carbocycles. The van der Waals surface area contributed by atoms with Gasteiger partial charge < -0.3 is 28.8 Å². The molecule has 43 heavy (non-hydrogen) atoms. The normalized spacial score (nSPS) is 38.1. The van der Waals surface area contributed by atoms with Crippen molar-refractivity contribution < 1.29 is 38.4 Å². The highest BCUT2D eigenvalue weighted by atomic mass is 16.6. The lowest BCUT2D eigenvalue weighted by Crippen LogP contribution is -2.71. The van der Waals surface area contributed by atoms with E-state index in [0.717, 1.165) is 25.7 Å². The molecule has 2 N–H and O–H groups in total. The molecule has 0 amide bonds. The molecule has 1 unspecified atom stereocenters. The first kappa shape index (κ1) is 28.6. The molecule has 230 valence electrons. The van der Waals surface area contributed by atoms with Gasteiger partial charge in [-0.2, -0.15) is 0 Å². The van der Waals surface area contributed by atoms with Crippen molar-refractivity contribution >= 4 is 11.9 Å². The second-order valence-electron chi connectivity index (χ2n) is 14.2. The predicted molar refractivity (Wildman–Crippen MR) is 154 cm³/mol. The lowest BCUT2D eigenvalue weighted by Gasteiger charge is -2.66. The fourth-order valence-corrected chi connectivity index (χ4v) is 8.55. The Hall–Kier alpha value is -3.17. The Labute approximate surface area is 250 Å². The molecule has 9 heteroatoms. The molecule has 5 aliphatic rings. The SMILES string of the molecule is CC1(COC(=O)C2CC2)[C@@H](OC(=O)C2CC2)CC[C@]2(C)[C@H]3[C@@H](O)c4c(cc(-c5ccccc5)oc4=O)O[C@]3(C)[C@@H](O)C[C@@H]12. The Bertz CT molecular complexity index is 1490. The molecule has 7 rings (SSSR count). The van der Waals surface area contributed by atoms with E-state index in [0.29, 0.717) is 24.2 Å². The molecule has 4 fully saturated rings. The van der Waals surface area contributed by atoms with Crippen LogP contribution in [0, 0.1) is 34.5 Å². The zero-order chi connectivity index (χ0) is 30.3. The number of rotatable bonds is 6. The van der Waals surface area contributed by atoms with Crippen LogP contribution in [0.3, 0.4) is 0 Å². The number of hydrogen-bond donors (Lipinski definition) is 2. The standard InChI is InChI=1S/C34H40O9/c1-32-14-13-25(42-30(38)20-11-12-20)33(2,17-40-29(37)19-9-10-19)23(32)16-24(35)34(3)28(32)27(36)26-22(43-34)15-21(41-31(26)39)18-7-5-4-6-8-18/h4-8,15,19-20,23-25,27-28,35-36H,9-14,16-17H2,1-3H3/t23-,24+,25+,27+,28-,32+,33?,34-/m1/s1. The number of aliphatic hydroxyl groups is 2. The van der Waals surface area contributed by atoms with E-state index in [1.54, 1.807) is 13.0 Å². The average Bonchev–Trinajstić information content (AvgIpc) is 3.88. The van der Waals surface area contributed by atoms with Gasteiger partial charge in [0.15, 0.2) is 0 Å². The second-order valence-corrected chi connectivity index (χ2v) is 14.2. The first-order chi connectivity index (χ1) is 20.5. The number of hydrogen-bond acceptors (Lipinski definition) is 9. The van der Waals surface area contributed by atoms with Gasteiger partial charge in [0.25, 0.3) is 0 Å². The highest BCUT2D eigenvalue weighted by Gasteiger charge is 2.70. The summed E-state index contributed by atoms with van der Waals surface area (Å²) in [5.74, 6) is -1.13. The summed E-state index contributed by atoms with van der Waals surface area (Å²) in [5, 5.41) is 23.9. The van der Waals surface area contributed by atoms with E-state index in [4.69, 9.17) is 18.6 Å². The monoisotopic (exact) mass is 592 g/mol. The van der Waals surface area contributed by atoms with Crippen LogP contribution < -0.4 is 10.4 Å². The van der Waals surface area contributed by atoms with Crippen LogP contribution in [0.1, 0.15) is 77.4 Å². The lowest BCUT2D eigenvalue weighted by molar-refractivity contribution is -0.267. The zero-order valence-electron chi connectivity index (χ0n) is 24.9. The van der Waals surface area contributed by atoms with E-state index in [2.05, 4.69) is 6.92 Å². The van der Waals surface area contributed by atoms with E-state index >= 15 is 0 Å². The third-order valence-corrected chi connectivity index (χ3v) is 11.3. The van der Waals surface area contributed by atoms with Crippen molar-refractivity contribution in [1.29, 1.82) is 0 Å². The van der Waals surface area contributed by atoms with E-state index in [9.17, 15) is 24.6 Å². The molecule has 0 bridgehead atoms. The summed E-state index contributed by atoms with van der Waals surface area (Å²) in [6.45, 7) is 5.87. The van der Waals surface area contributed by atoms with Crippen molar-refractivity contribution in [3.8, 4) is 17.1 Å². The molecule has 4 saturated carbocycles. The summed E-state index contributed by atoms with van der Waals surface area (Å²) in [4.78, 5) is 39.0. The van der Waals surface area contributed by atoms with Crippen molar-refractivity contribution in [2.24, 2.45) is 34.5 Å². The Morgan fingerprint density at radius 1 is 0.977 bits per heavy atom. The number of aliphatic hydroxyl groups excluding tert-OH is 2. The minimum absolute atomic E-state index is 0.0392. The number of fused-ring (bicyclic) bond motifs is 4. The fourth-order valence-electron chi connectivity index (χ4n) is 8.55. The predicted octanol–water partition coefficient (Wildman–Crippen LogP) is 4.57. The third-order valence-electron chi connectivity index (χ3n) is 11.3. The minimum atomic E-state index is -1.28. The molecule has 0 spiro atoms. The number of ether oxygens (including phenoxy) is 3. The van der Waals surface area contributed by atoms with Gasteiger partial charge in [0.05, 0.1) is 24.0 Å². The van der Waals surface area contributed by atoms with Crippen LogP contribution in [-0.4, -0.2) is 46.6 Å². The van der Waals surface area contributed by atoms with Crippen molar-refractivity contribution in [2.45, 2.75) is 89.6 Å². The summed E-state index contributed by atoms with van der Waals surface area (Å²) < 4.78 is 24.2. The van der Waals surface area contributed by atoms with E-state index < -0.39 is 46.3 Å². The van der Waals surface area contributed by atoms with Gasteiger partial charge in [0, 0.05) is 23.0 Å². The van der Waals surface area contributed by atoms with Crippen LogP contribution in [-0.2, 0) is 19.1 Å². The van der Waals surface area contributed by atoms with Crippen LogP contribution in [0.5, 0.6) is 5.75 Å². The van der Waals surface area contributed by atoms with Crippen molar-refractivity contribution in [3.05, 3.63) is 52.4 Å². The van der Waals surface area contributed by atoms with Crippen LogP contribution in [0.4, 0.5) is 0 Å². The Morgan fingerprint density at radius 2 is 1.65 bits per heavy atom. The quantitative estimate of drug-likeness (QED) is 0.463. The van der Waals surface area contributed by atoms with Gasteiger partial charge >= 0.3 is 17.6 Å². The van der Waals surface area contributed by atoms with Crippen molar-refractivity contribution in [2.75, 3.05) is 6.61 Å². The highest BCUT2D eigenvalue weighted by molar-refractivity contribution is 5.75. The summed E-state index contributed by atoms with van der Waals surface area (Å²) in [7, 11) is 0. The van der Waals surface area contributed by atoms with Crippen molar-refractivity contribution in [1.82, 2.24) is 0 Å². The number of carbonyl (C=O) groups is 2. The molecule has 2 heterocycles. The number of benzene rings is 1. The maximum atomic E-state index is 13.4. The molecule has 9 nitrogen and oxygen atoms in total. The molecule has 1 aromatic heterocycles. The van der Waals surface area contributed by atoms with Crippen LogP contribution >= 0.6 is 0 Å². The fraction of sp³-hybridized carbons (Fsp3) is 0.618. The van der Waals surface area contributed by atoms with Gasteiger partial charge in [0.2, 0.25) is 0 Å². The summed E-state index contributed by atoms with van der Waals surface area (Å²) in [5.41, 5.74) is -2.66. The second kappa shape index (κ2) is 9.92. The Kier molecular flexibility index (Phi) is 6.60. The molecule has 8 atom stereocenters. The van der Waals surface area contributed by atoms with Gasteiger partial charge in [0.1, 0.15) is 35.4 Å². The van der Waals surface area contributed by atoms with Gasteiger partial charge in [-0.3, -0.25) is 9.59 Å². The maximum absolute atomic E-state index is 13.4. The van der Waals surface area contributed by atoms with Crippen LogP contribution in [0.25, 0.3) is 11.3 Å². The largest absolute Gasteiger partial charge is 0.484 e. The third kappa shape index (κ3) is 4.53. The van der Waals surface area contributed by atoms with Gasteiger partial charge in [-0.05, 0) is 63.2 Å².